The summed E-state index contributed by atoms with van der Waals surface area (Å²) in [7, 11) is -4.02. The lowest BCUT2D eigenvalue weighted by molar-refractivity contribution is -0.120. The molecule has 0 bridgehead atoms. The molecule has 3 aromatic carbocycles. The summed E-state index contributed by atoms with van der Waals surface area (Å²) in [6.07, 6.45) is 0. The van der Waals surface area contributed by atoms with E-state index >= 15 is 0 Å². The zero-order valence-corrected chi connectivity index (χ0v) is 21.8. The van der Waals surface area contributed by atoms with Crippen molar-refractivity contribution in [1.82, 2.24) is 5.32 Å². The van der Waals surface area contributed by atoms with Crippen LogP contribution in [0.5, 0.6) is 5.75 Å². The highest BCUT2D eigenvalue weighted by Gasteiger charge is 2.29. The van der Waals surface area contributed by atoms with Crippen LogP contribution in [0, 0.1) is 0 Å². The van der Waals surface area contributed by atoms with Crippen LogP contribution in [0.1, 0.15) is 51.8 Å². The Morgan fingerprint density at radius 1 is 0.943 bits per heavy atom. The number of hydrogen-bond acceptors (Lipinski definition) is 4. The largest absolute Gasteiger partial charge is 0.492 e. The number of ether oxygens (including phenoxy) is 1. The second-order valence-corrected chi connectivity index (χ2v) is 11.2. The van der Waals surface area contributed by atoms with Crippen LogP contribution in [0.4, 0.5) is 5.69 Å². The number of sulfonamides is 1. The minimum atomic E-state index is -4.02. The number of para-hydroxylation sites is 2. The monoisotopic (exact) mass is 494 g/mol. The van der Waals surface area contributed by atoms with Gasteiger partial charge in [-0.15, -0.1) is 0 Å². The Morgan fingerprint density at radius 2 is 1.54 bits per heavy atom. The van der Waals surface area contributed by atoms with Crippen LogP contribution in [-0.4, -0.2) is 27.5 Å². The van der Waals surface area contributed by atoms with E-state index in [0.29, 0.717) is 18.0 Å². The van der Waals surface area contributed by atoms with Gasteiger partial charge < -0.3 is 10.1 Å². The second-order valence-electron chi connectivity index (χ2n) is 9.39. The smallest absolute Gasteiger partial charge is 0.264 e. The number of carbonyl (C=O) groups excluding carboxylic acids is 1. The molecule has 0 fully saturated rings. The Bertz CT molecular complexity index is 1230. The number of rotatable bonds is 9. The summed E-state index contributed by atoms with van der Waals surface area (Å²) >= 11 is 0. The van der Waals surface area contributed by atoms with Gasteiger partial charge >= 0.3 is 0 Å². The number of nitrogens with zero attached hydrogens (tertiary/aromatic N) is 1. The first kappa shape index (κ1) is 26.3. The SMILES string of the molecule is CCOc1ccccc1N(CC(=O)N[C@H](C)c1ccc(C(C)(C)C)cc1)S(=O)(=O)c1ccccc1. The number of carbonyl (C=O) groups is 1. The quantitative estimate of drug-likeness (QED) is 0.429. The predicted molar refractivity (Wildman–Crippen MR) is 140 cm³/mol. The summed E-state index contributed by atoms with van der Waals surface area (Å²) < 4.78 is 34.0. The van der Waals surface area contributed by atoms with E-state index in [1.807, 2.05) is 26.0 Å². The fraction of sp³-hybridized carbons (Fsp3) is 0.321. The van der Waals surface area contributed by atoms with E-state index < -0.39 is 15.9 Å². The van der Waals surface area contributed by atoms with Crippen molar-refractivity contribution in [2.24, 2.45) is 0 Å². The van der Waals surface area contributed by atoms with Crippen LogP contribution in [0.2, 0.25) is 0 Å². The first-order valence-corrected chi connectivity index (χ1v) is 13.2. The van der Waals surface area contributed by atoms with Gasteiger partial charge in [-0.25, -0.2) is 8.42 Å². The normalized spacial score (nSPS) is 12.6. The second kappa shape index (κ2) is 11.0. The van der Waals surface area contributed by atoms with Gasteiger partial charge in [0.2, 0.25) is 5.91 Å². The van der Waals surface area contributed by atoms with Gasteiger partial charge in [-0.1, -0.05) is 75.4 Å². The van der Waals surface area contributed by atoms with Crippen molar-refractivity contribution in [2.75, 3.05) is 17.5 Å². The Balaban J connectivity index is 1.88. The highest BCUT2D eigenvalue weighted by atomic mass is 32.2. The van der Waals surface area contributed by atoms with Crippen molar-refractivity contribution in [2.45, 2.75) is 51.0 Å². The molecule has 0 radical (unpaired) electrons. The molecule has 0 aliphatic rings. The maximum atomic E-state index is 13.6. The van der Waals surface area contributed by atoms with Gasteiger partial charge in [-0.3, -0.25) is 9.10 Å². The van der Waals surface area contributed by atoms with Crippen LogP contribution in [0.15, 0.2) is 83.8 Å². The molecule has 1 amide bonds. The Kier molecular flexibility index (Phi) is 8.22. The molecule has 3 rings (SSSR count). The third kappa shape index (κ3) is 6.42. The molecular formula is C28H34N2O4S. The predicted octanol–water partition coefficient (Wildman–Crippen LogP) is 5.46. The lowest BCUT2D eigenvalue weighted by atomic mass is 9.86. The molecule has 186 valence electrons. The summed E-state index contributed by atoms with van der Waals surface area (Å²) in [6, 6.07) is 22.7. The molecule has 0 saturated carbocycles. The standard InChI is InChI=1S/C28H34N2O4S/c1-6-34-26-15-11-10-14-25(26)30(35(32,33)24-12-8-7-9-13-24)20-27(31)29-21(2)22-16-18-23(19-17-22)28(3,4)5/h7-19,21H,6,20H2,1-5H3,(H,29,31)/t21-/m1/s1. The highest BCUT2D eigenvalue weighted by molar-refractivity contribution is 7.92. The maximum absolute atomic E-state index is 13.6. The first-order chi connectivity index (χ1) is 16.5. The van der Waals surface area contributed by atoms with E-state index in [1.165, 1.54) is 17.7 Å². The van der Waals surface area contributed by atoms with Crippen LogP contribution in [-0.2, 0) is 20.2 Å². The molecule has 1 atom stereocenters. The molecule has 3 aromatic rings. The molecule has 0 unspecified atom stereocenters. The molecule has 0 aromatic heterocycles. The summed E-state index contributed by atoms with van der Waals surface area (Å²) in [5.74, 6) is -0.0173. The Labute approximate surface area is 209 Å². The minimum absolute atomic E-state index is 0.0330. The van der Waals surface area contributed by atoms with E-state index in [-0.39, 0.29) is 22.9 Å². The molecule has 0 spiro atoms. The van der Waals surface area contributed by atoms with E-state index in [0.717, 1.165) is 9.87 Å². The Hall–Kier alpha value is -3.32. The average molecular weight is 495 g/mol. The maximum Gasteiger partial charge on any atom is 0.264 e. The van der Waals surface area contributed by atoms with E-state index in [4.69, 9.17) is 4.74 Å². The van der Waals surface area contributed by atoms with Gasteiger partial charge in [0.15, 0.2) is 0 Å². The molecule has 7 heteroatoms. The third-order valence-electron chi connectivity index (χ3n) is 5.71. The fourth-order valence-corrected chi connectivity index (χ4v) is 5.19. The van der Waals surface area contributed by atoms with Crippen LogP contribution >= 0.6 is 0 Å². The summed E-state index contributed by atoms with van der Waals surface area (Å²) in [6.45, 7) is 10.1. The highest BCUT2D eigenvalue weighted by Crippen LogP contribution is 2.32. The van der Waals surface area contributed by atoms with Crippen LogP contribution in [0.25, 0.3) is 0 Å². The molecule has 0 heterocycles. The number of amides is 1. The van der Waals surface area contributed by atoms with Gasteiger partial charge in [-0.05, 0) is 54.7 Å². The summed E-state index contributed by atoms with van der Waals surface area (Å²) in [5, 5.41) is 2.94. The number of benzene rings is 3. The zero-order chi connectivity index (χ0) is 25.6. The molecular weight excluding hydrogens is 460 g/mol. The van der Waals surface area contributed by atoms with Gasteiger partial charge in [0.05, 0.1) is 23.2 Å². The number of anilines is 1. The van der Waals surface area contributed by atoms with Crippen molar-refractivity contribution in [3.63, 3.8) is 0 Å². The van der Waals surface area contributed by atoms with Crippen molar-refractivity contribution >= 4 is 21.6 Å². The fourth-order valence-electron chi connectivity index (χ4n) is 3.73. The molecule has 1 N–H and O–H groups in total. The topological polar surface area (TPSA) is 75.7 Å². The van der Waals surface area contributed by atoms with Crippen LogP contribution < -0.4 is 14.4 Å². The lowest BCUT2D eigenvalue weighted by Crippen LogP contribution is -2.41. The molecule has 0 aliphatic heterocycles. The van der Waals surface area contributed by atoms with Gasteiger partial charge in [0.25, 0.3) is 10.0 Å². The lowest BCUT2D eigenvalue weighted by Gasteiger charge is -2.27. The van der Waals surface area contributed by atoms with Crippen LogP contribution in [0.3, 0.4) is 0 Å². The summed E-state index contributed by atoms with van der Waals surface area (Å²) in [5.41, 5.74) is 2.49. The Morgan fingerprint density at radius 3 is 2.14 bits per heavy atom. The molecule has 0 saturated heterocycles. The van der Waals surface area contributed by atoms with Crippen molar-refractivity contribution in [3.05, 3.63) is 90.0 Å². The molecule has 35 heavy (non-hydrogen) atoms. The minimum Gasteiger partial charge on any atom is -0.492 e. The number of hydrogen-bond donors (Lipinski definition) is 1. The average Bonchev–Trinajstić information content (AvgIpc) is 2.83. The van der Waals surface area contributed by atoms with Crippen molar-refractivity contribution < 1.29 is 17.9 Å². The van der Waals surface area contributed by atoms with Gasteiger partial charge in [-0.2, -0.15) is 0 Å². The van der Waals surface area contributed by atoms with E-state index in [1.54, 1.807) is 42.5 Å². The zero-order valence-electron chi connectivity index (χ0n) is 21.0. The number of nitrogens with one attached hydrogen (secondary N) is 1. The summed E-state index contributed by atoms with van der Waals surface area (Å²) in [4.78, 5) is 13.2. The molecule has 0 aliphatic carbocycles. The van der Waals surface area contributed by atoms with Gasteiger partial charge in [0, 0.05) is 0 Å². The third-order valence-corrected chi connectivity index (χ3v) is 7.48. The van der Waals surface area contributed by atoms with Gasteiger partial charge in [0.1, 0.15) is 12.3 Å². The molecule has 6 nitrogen and oxygen atoms in total. The van der Waals surface area contributed by atoms with Crippen molar-refractivity contribution in [3.8, 4) is 5.75 Å². The van der Waals surface area contributed by atoms with E-state index in [2.05, 4.69) is 38.2 Å². The van der Waals surface area contributed by atoms with E-state index in [9.17, 15) is 13.2 Å². The van der Waals surface area contributed by atoms with Crippen molar-refractivity contribution in [1.29, 1.82) is 0 Å². The first-order valence-electron chi connectivity index (χ1n) is 11.7.